The van der Waals surface area contributed by atoms with Crippen LogP contribution >= 0.6 is 39.0 Å². The zero-order valence-electron chi connectivity index (χ0n) is 10.4. The van der Waals surface area contributed by atoms with Crippen molar-refractivity contribution in [2.75, 3.05) is 11.1 Å². The largest absolute Gasteiger partial charge is 0.320 e. The van der Waals surface area contributed by atoms with E-state index >= 15 is 0 Å². The number of halogens is 1. The molecule has 1 amide bonds. The lowest BCUT2D eigenvalue weighted by Crippen LogP contribution is -2.11. The molecular formula is C14H11BrN2OS2. The van der Waals surface area contributed by atoms with Gasteiger partial charge in [-0.1, -0.05) is 12.1 Å². The molecule has 0 aliphatic rings. The van der Waals surface area contributed by atoms with Gasteiger partial charge < -0.3 is 5.32 Å². The van der Waals surface area contributed by atoms with E-state index in [4.69, 9.17) is 5.26 Å². The number of rotatable bonds is 5. The van der Waals surface area contributed by atoms with Crippen molar-refractivity contribution in [1.29, 1.82) is 5.26 Å². The highest BCUT2D eigenvalue weighted by atomic mass is 79.9. The molecule has 2 aromatic rings. The number of carbonyl (C=O) groups excluding carboxylic acids is 1. The Hall–Kier alpha value is -1.29. The average Bonchev–Trinajstić information content (AvgIpc) is 2.87. The number of nitriles is 1. The second-order valence-corrected chi connectivity index (χ2v) is 6.71. The predicted octanol–water partition coefficient (Wildman–Crippen LogP) is 4.77. The lowest BCUT2D eigenvalue weighted by atomic mass is 10.3. The Labute approximate surface area is 134 Å². The number of benzene rings is 1. The molecule has 6 heteroatoms. The highest BCUT2D eigenvalue weighted by molar-refractivity contribution is 9.10. The second-order valence-electron chi connectivity index (χ2n) is 3.80. The summed E-state index contributed by atoms with van der Waals surface area (Å²) >= 11 is 6.32. The minimum Gasteiger partial charge on any atom is -0.320 e. The molecule has 1 aromatic heterocycles. The van der Waals surface area contributed by atoms with E-state index in [9.17, 15) is 4.79 Å². The fraction of sp³-hybridized carbons (Fsp3) is 0.143. The number of hydrogen-bond acceptors (Lipinski definition) is 4. The number of amides is 1. The van der Waals surface area contributed by atoms with E-state index < -0.39 is 0 Å². The highest BCUT2D eigenvalue weighted by Gasteiger charge is 2.13. The molecule has 20 heavy (non-hydrogen) atoms. The van der Waals surface area contributed by atoms with Gasteiger partial charge in [0, 0.05) is 21.5 Å². The molecule has 1 heterocycles. The lowest BCUT2D eigenvalue weighted by Gasteiger charge is -2.09. The van der Waals surface area contributed by atoms with Crippen molar-refractivity contribution in [2.24, 2.45) is 0 Å². The molecule has 1 aromatic carbocycles. The van der Waals surface area contributed by atoms with Crippen LogP contribution in [0.2, 0.25) is 0 Å². The molecule has 102 valence electrons. The molecule has 0 bridgehead atoms. The Morgan fingerprint density at radius 1 is 1.40 bits per heavy atom. The minimum absolute atomic E-state index is 0.125. The fourth-order valence-corrected chi connectivity index (χ4v) is 3.85. The fourth-order valence-electron chi connectivity index (χ4n) is 1.54. The van der Waals surface area contributed by atoms with Gasteiger partial charge in [-0.2, -0.15) is 5.26 Å². The minimum atomic E-state index is -0.125. The third-order valence-corrected chi connectivity index (χ3v) is 5.34. The third-order valence-electron chi connectivity index (χ3n) is 2.43. The molecule has 0 saturated heterocycles. The smallest absolute Gasteiger partial charge is 0.266 e. The van der Waals surface area contributed by atoms with Gasteiger partial charge >= 0.3 is 0 Å². The van der Waals surface area contributed by atoms with Gasteiger partial charge in [-0.05, 0) is 39.5 Å². The zero-order valence-corrected chi connectivity index (χ0v) is 13.6. The van der Waals surface area contributed by atoms with Gasteiger partial charge in [0.25, 0.3) is 5.91 Å². The first kappa shape index (κ1) is 15.1. The van der Waals surface area contributed by atoms with E-state index in [-0.39, 0.29) is 5.91 Å². The first-order valence-electron chi connectivity index (χ1n) is 5.85. The van der Waals surface area contributed by atoms with Gasteiger partial charge in [-0.15, -0.1) is 23.1 Å². The number of carbonyl (C=O) groups is 1. The second kappa shape index (κ2) is 7.48. The summed E-state index contributed by atoms with van der Waals surface area (Å²) in [5.41, 5.74) is 0.778. The summed E-state index contributed by atoms with van der Waals surface area (Å²) in [7, 11) is 0. The Kier molecular flexibility index (Phi) is 5.65. The molecule has 0 unspecified atom stereocenters. The number of anilines is 1. The van der Waals surface area contributed by atoms with Crippen LogP contribution < -0.4 is 5.32 Å². The first-order chi connectivity index (χ1) is 9.72. The topological polar surface area (TPSA) is 52.9 Å². The van der Waals surface area contributed by atoms with Gasteiger partial charge in [-0.25, -0.2) is 0 Å². The maximum atomic E-state index is 12.2. The number of nitrogens with one attached hydrogen (secondary N) is 1. The van der Waals surface area contributed by atoms with Crippen LogP contribution in [0.1, 0.15) is 16.1 Å². The molecule has 1 N–H and O–H groups in total. The Morgan fingerprint density at radius 3 is 2.90 bits per heavy atom. The lowest BCUT2D eigenvalue weighted by molar-refractivity contribution is 0.102. The molecule has 0 saturated carbocycles. The van der Waals surface area contributed by atoms with Gasteiger partial charge in [0.1, 0.15) is 4.88 Å². The summed E-state index contributed by atoms with van der Waals surface area (Å²) in [6.45, 7) is 0. The summed E-state index contributed by atoms with van der Waals surface area (Å²) in [6.07, 6.45) is 0.490. The van der Waals surface area contributed by atoms with Crippen molar-refractivity contribution in [2.45, 2.75) is 11.3 Å². The Balaban J connectivity index is 2.11. The van der Waals surface area contributed by atoms with Crippen LogP contribution in [0.25, 0.3) is 0 Å². The van der Waals surface area contributed by atoms with Crippen molar-refractivity contribution < 1.29 is 4.79 Å². The highest BCUT2D eigenvalue weighted by Crippen LogP contribution is 2.29. The molecule has 0 radical (unpaired) electrons. The van der Waals surface area contributed by atoms with Crippen LogP contribution in [0.3, 0.4) is 0 Å². The van der Waals surface area contributed by atoms with Crippen molar-refractivity contribution in [3.8, 4) is 6.07 Å². The van der Waals surface area contributed by atoms with Crippen molar-refractivity contribution in [3.63, 3.8) is 0 Å². The van der Waals surface area contributed by atoms with Crippen LogP contribution in [0.15, 0.2) is 45.1 Å². The average molecular weight is 367 g/mol. The molecule has 0 aliphatic carbocycles. The van der Waals surface area contributed by atoms with Gasteiger partial charge in [-0.3, -0.25) is 4.79 Å². The maximum Gasteiger partial charge on any atom is 0.266 e. The van der Waals surface area contributed by atoms with E-state index in [0.29, 0.717) is 17.1 Å². The van der Waals surface area contributed by atoms with Crippen LogP contribution in [-0.2, 0) is 0 Å². The van der Waals surface area contributed by atoms with E-state index in [0.717, 1.165) is 15.1 Å². The van der Waals surface area contributed by atoms with Crippen LogP contribution in [0.4, 0.5) is 5.69 Å². The van der Waals surface area contributed by atoms with Gasteiger partial charge in [0.2, 0.25) is 0 Å². The number of hydrogen-bond donors (Lipinski definition) is 1. The number of nitrogens with zero attached hydrogens (tertiary/aromatic N) is 1. The molecule has 0 spiro atoms. The zero-order chi connectivity index (χ0) is 14.4. The predicted molar refractivity (Wildman–Crippen MR) is 87.4 cm³/mol. The van der Waals surface area contributed by atoms with Gasteiger partial charge in [0.05, 0.1) is 11.8 Å². The van der Waals surface area contributed by atoms with Crippen LogP contribution in [-0.4, -0.2) is 11.7 Å². The summed E-state index contributed by atoms with van der Waals surface area (Å²) in [4.78, 5) is 13.8. The number of thiophene rings is 1. The summed E-state index contributed by atoms with van der Waals surface area (Å²) in [6, 6.07) is 11.6. The summed E-state index contributed by atoms with van der Waals surface area (Å²) in [5, 5.41) is 13.4. The summed E-state index contributed by atoms with van der Waals surface area (Å²) in [5.74, 6) is 0.590. The van der Waals surface area contributed by atoms with Crippen molar-refractivity contribution in [3.05, 3.63) is 45.1 Å². The van der Waals surface area contributed by atoms with E-state index in [1.165, 1.54) is 11.3 Å². The normalized spacial score (nSPS) is 10.0. The van der Waals surface area contributed by atoms with Gasteiger partial charge in [0.15, 0.2) is 0 Å². The Bertz CT molecular complexity index is 649. The molecule has 2 rings (SSSR count). The summed E-state index contributed by atoms with van der Waals surface area (Å²) < 4.78 is 0.801. The monoisotopic (exact) mass is 366 g/mol. The first-order valence-corrected chi connectivity index (χ1v) is 8.51. The molecule has 0 atom stereocenters. The standard InChI is InChI=1S/C14H11BrN2OS2/c15-10-6-9-20-13(10)14(18)17-11-4-1-2-5-12(11)19-8-3-7-16/h1-2,4-6,9H,3,8H2,(H,17,18). The molecule has 0 fully saturated rings. The van der Waals surface area contributed by atoms with E-state index in [2.05, 4.69) is 27.3 Å². The Morgan fingerprint density at radius 2 is 2.20 bits per heavy atom. The van der Waals surface area contributed by atoms with Crippen molar-refractivity contribution in [1.82, 2.24) is 0 Å². The van der Waals surface area contributed by atoms with Crippen LogP contribution in [0, 0.1) is 11.3 Å². The molecule has 0 aliphatic heterocycles. The SMILES string of the molecule is N#CCCSc1ccccc1NC(=O)c1sccc1Br. The molecule has 3 nitrogen and oxygen atoms in total. The third kappa shape index (κ3) is 3.85. The maximum absolute atomic E-state index is 12.2. The number of thioether (sulfide) groups is 1. The van der Waals surface area contributed by atoms with Crippen LogP contribution in [0.5, 0.6) is 0 Å². The van der Waals surface area contributed by atoms with Crippen molar-refractivity contribution >= 4 is 50.6 Å². The quantitative estimate of drug-likeness (QED) is 0.612. The van der Waals surface area contributed by atoms with E-state index in [1.54, 1.807) is 11.8 Å². The molecular weight excluding hydrogens is 356 g/mol. The number of para-hydroxylation sites is 1. The van der Waals surface area contributed by atoms with E-state index in [1.807, 2.05) is 35.7 Å².